The van der Waals surface area contributed by atoms with Crippen molar-refractivity contribution < 1.29 is 0 Å². The lowest BCUT2D eigenvalue weighted by atomic mass is 10.1. The maximum Gasteiger partial charge on any atom is 0.129 e. The predicted molar refractivity (Wildman–Crippen MR) is 86.7 cm³/mol. The molecule has 1 unspecified atom stereocenters. The molecule has 4 heteroatoms. The number of hydrogen-bond acceptors (Lipinski definition) is 3. The second kappa shape index (κ2) is 7.28. The molecule has 0 aliphatic carbocycles. The van der Waals surface area contributed by atoms with Crippen molar-refractivity contribution in [3.8, 4) is 0 Å². The molecule has 0 aromatic carbocycles. The van der Waals surface area contributed by atoms with Crippen molar-refractivity contribution in [2.75, 3.05) is 31.6 Å². The summed E-state index contributed by atoms with van der Waals surface area (Å²) in [6.07, 6.45) is 3.34. The van der Waals surface area contributed by atoms with Gasteiger partial charge in [0.15, 0.2) is 0 Å². The molecule has 0 bridgehead atoms. The van der Waals surface area contributed by atoms with Crippen LogP contribution >= 0.6 is 11.6 Å². The standard InChI is InChI=1S/C16H26ClN3/c1-4-6-15-9-14(11-17)10-16(18-15)20-8-5-7-19(3)12-13(20)2/h9-10,13H,4-8,11-12H2,1-3H3. The first-order valence-corrected chi connectivity index (χ1v) is 8.18. The Morgan fingerprint density at radius 1 is 1.35 bits per heavy atom. The first-order valence-electron chi connectivity index (χ1n) is 7.65. The zero-order chi connectivity index (χ0) is 14.5. The SMILES string of the molecule is CCCc1cc(CCl)cc(N2CCCN(C)CC2C)n1. The Kier molecular flexibility index (Phi) is 5.67. The van der Waals surface area contributed by atoms with Crippen molar-refractivity contribution in [3.05, 3.63) is 23.4 Å². The second-order valence-corrected chi connectivity index (χ2v) is 6.13. The van der Waals surface area contributed by atoms with E-state index in [9.17, 15) is 0 Å². The highest BCUT2D eigenvalue weighted by atomic mass is 35.5. The third kappa shape index (κ3) is 3.86. The van der Waals surface area contributed by atoms with Crippen LogP contribution in [-0.4, -0.2) is 42.6 Å². The molecular formula is C16H26ClN3. The Balaban J connectivity index is 2.27. The molecule has 1 fully saturated rings. The van der Waals surface area contributed by atoms with E-state index in [1.807, 2.05) is 0 Å². The van der Waals surface area contributed by atoms with Crippen LogP contribution in [0.3, 0.4) is 0 Å². The van der Waals surface area contributed by atoms with Gasteiger partial charge in [0.2, 0.25) is 0 Å². The summed E-state index contributed by atoms with van der Waals surface area (Å²) in [5.41, 5.74) is 2.36. The summed E-state index contributed by atoms with van der Waals surface area (Å²) in [4.78, 5) is 9.71. The highest BCUT2D eigenvalue weighted by Gasteiger charge is 2.21. The van der Waals surface area contributed by atoms with Gasteiger partial charge >= 0.3 is 0 Å². The number of alkyl halides is 1. The van der Waals surface area contributed by atoms with Gasteiger partial charge in [-0.3, -0.25) is 0 Å². The van der Waals surface area contributed by atoms with Gasteiger partial charge < -0.3 is 9.80 Å². The lowest BCUT2D eigenvalue weighted by Gasteiger charge is -2.29. The number of nitrogens with zero attached hydrogens (tertiary/aromatic N) is 3. The van der Waals surface area contributed by atoms with Crippen molar-refractivity contribution >= 4 is 17.4 Å². The Morgan fingerprint density at radius 2 is 2.15 bits per heavy atom. The Morgan fingerprint density at radius 3 is 2.85 bits per heavy atom. The smallest absolute Gasteiger partial charge is 0.129 e. The van der Waals surface area contributed by atoms with Crippen LogP contribution < -0.4 is 4.90 Å². The van der Waals surface area contributed by atoms with Gasteiger partial charge in [-0.1, -0.05) is 13.3 Å². The number of aromatic nitrogens is 1. The van der Waals surface area contributed by atoms with Gasteiger partial charge in [0.1, 0.15) is 5.82 Å². The number of likely N-dealkylation sites (N-methyl/N-ethyl adjacent to an activating group) is 1. The van der Waals surface area contributed by atoms with E-state index in [0.29, 0.717) is 11.9 Å². The average molecular weight is 296 g/mol. The minimum Gasteiger partial charge on any atom is -0.353 e. The van der Waals surface area contributed by atoms with E-state index in [1.54, 1.807) is 0 Å². The molecule has 2 heterocycles. The predicted octanol–water partition coefficient (Wildman–Crippen LogP) is 3.30. The van der Waals surface area contributed by atoms with Crippen LogP contribution in [0.5, 0.6) is 0 Å². The molecular weight excluding hydrogens is 270 g/mol. The zero-order valence-corrected chi connectivity index (χ0v) is 13.7. The first kappa shape index (κ1) is 15.6. The van der Waals surface area contributed by atoms with E-state index in [4.69, 9.17) is 16.6 Å². The molecule has 1 aromatic heterocycles. The van der Waals surface area contributed by atoms with Crippen molar-refractivity contribution in [1.82, 2.24) is 9.88 Å². The van der Waals surface area contributed by atoms with Gasteiger partial charge in [-0.05, 0) is 51.1 Å². The quantitative estimate of drug-likeness (QED) is 0.795. The normalized spacial score (nSPS) is 21.0. The second-order valence-electron chi connectivity index (χ2n) is 5.87. The first-order chi connectivity index (χ1) is 9.63. The summed E-state index contributed by atoms with van der Waals surface area (Å²) in [7, 11) is 2.20. The van der Waals surface area contributed by atoms with Gasteiger partial charge in [-0.25, -0.2) is 4.98 Å². The fourth-order valence-corrected chi connectivity index (χ4v) is 3.11. The molecule has 0 spiro atoms. The molecule has 1 atom stereocenters. The molecule has 112 valence electrons. The molecule has 0 amide bonds. The van der Waals surface area contributed by atoms with Gasteiger partial charge in [-0.2, -0.15) is 0 Å². The molecule has 1 aromatic rings. The Bertz CT molecular complexity index is 436. The van der Waals surface area contributed by atoms with Crippen LogP contribution in [0.1, 0.15) is 37.9 Å². The molecule has 20 heavy (non-hydrogen) atoms. The summed E-state index contributed by atoms with van der Waals surface area (Å²) in [5.74, 6) is 1.67. The third-order valence-corrected chi connectivity index (χ3v) is 4.23. The molecule has 0 saturated carbocycles. The van der Waals surface area contributed by atoms with E-state index >= 15 is 0 Å². The van der Waals surface area contributed by atoms with Crippen molar-refractivity contribution in [3.63, 3.8) is 0 Å². The van der Waals surface area contributed by atoms with E-state index < -0.39 is 0 Å². The van der Waals surface area contributed by atoms with Crippen LogP contribution in [0.4, 0.5) is 5.82 Å². The van der Waals surface area contributed by atoms with E-state index in [2.05, 4.69) is 42.8 Å². The van der Waals surface area contributed by atoms with Crippen molar-refractivity contribution in [2.24, 2.45) is 0 Å². The fraction of sp³-hybridized carbons (Fsp3) is 0.688. The summed E-state index contributed by atoms with van der Waals surface area (Å²) in [6, 6.07) is 4.80. The Labute approximate surface area is 127 Å². The zero-order valence-electron chi connectivity index (χ0n) is 12.9. The van der Waals surface area contributed by atoms with Crippen LogP contribution in [0.2, 0.25) is 0 Å². The molecule has 0 N–H and O–H groups in total. The monoisotopic (exact) mass is 295 g/mol. The van der Waals surface area contributed by atoms with Gasteiger partial charge in [0, 0.05) is 30.7 Å². The number of pyridine rings is 1. The maximum atomic E-state index is 6.05. The van der Waals surface area contributed by atoms with Crippen LogP contribution in [0, 0.1) is 0 Å². The molecule has 0 radical (unpaired) electrons. The number of rotatable bonds is 4. The molecule has 1 aliphatic heterocycles. The Hall–Kier alpha value is -0.800. The van der Waals surface area contributed by atoms with E-state index in [1.165, 1.54) is 17.7 Å². The summed E-state index contributed by atoms with van der Waals surface area (Å²) in [6.45, 7) is 7.82. The lowest BCUT2D eigenvalue weighted by molar-refractivity contribution is 0.337. The highest BCUT2D eigenvalue weighted by Crippen LogP contribution is 2.22. The highest BCUT2D eigenvalue weighted by molar-refractivity contribution is 6.17. The van der Waals surface area contributed by atoms with Crippen molar-refractivity contribution in [1.29, 1.82) is 0 Å². The number of hydrogen-bond donors (Lipinski definition) is 0. The number of anilines is 1. The van der Waals surface area contributed by atoms with E-state index in [-0.39, 0.29) is 0 Å². The summed E-state index contributed by atoms with van der Waals surface area (Å²) >= 11 is 6.05. The third-order valence-electron chi connectivity index (χ3n) is 3.93. The molecule has 1 aliphatic rings. The largest absolute Gasteiger partial charge is 0.353 e. The summed E-state index contributed by atoms with van der Waals surface area (Å²) in [5, 5.41) is 0. The van der Waals surface area contributed by atoms with E-state index in [0.717, 1.165) is 38.3 Å². The minimum absolute atomic E-state index is 0.495. The van der Waals surface area contributed by atoms with Gasteiger partial charge in [0.05, 0.1) is 0 Å². The van der Waals surface area contributed by atoms with Crippen LogP contribution in [-0.2, 0) is 12.3 Å². The summed E-state index contributed by atoms with van der Waals surface area (Å²) < 4.78 is 0. The number of halogens is 1. The van der Waals surface area contributed by atoms with Crippen molar-refractivity contribution in [2.45, 2.75) is 45.0 Å². The van der Waals surface area contributed by atoms with Crippen LogP contribution in [0.25, 0.3) is 0 Å². The maximum absolute atomic E-state index is 6.05. The van der Waals surface area contributed by atoms with Gasteiger partial charge in [0.25, 0.3) is 0 Å². The minimum atomic E-state index is 0.495. The molecule has 2 rings (SSSR count). The number of aryl methyl sites for hydroxylation is 1. The molecule has 3 nitrogen and oxygen atoms in total. The van der Waals surface area contributed by atoms with Crippen LogP contribution in [0.15, 0.2) is 12.1 Å². The lowest BCUT2D eigenvalue weighted by Crippen LogP contribution is -2.38. The fourth-order valence-electron chi connectivity index (χ4n) is 2.95. The topological polar surface area (TPSA) is 19.4 Å². The molecule has 1 saturated heterocycles. The van der Waals surface area contributed by atoms with Gasteiger partial charge in [-0.15, -0.1) is 11.6 Å². The average Bonchev–Trinajstić information content (AvgIpc) is 2.59.